The standard InChI is InChI=1S/C15H18N4O2S/c1-9-8-22-13(19-9)7-18-15(21)11-4-10(14(20)17-3)5-12(6-11)16-2/h4-6,8,16H,7H2,1-3H3,(H,17,20)(H,18,21). The summed E-state index contributed by atoms with van der Waals surface area (Å²) < 4.78 is 0. The molecule has 7 heteroatoms. The SMILES string of the molecule is CNC(=O)c1cc(NC)cc(C(=O)NCc2nc(C)cs2)c1. The van der Waals surface area contributed by atoms with E-state index in [9.17, 15) is 9.59 Å². The smallest absolute Gasteiger partial charge is 0.251 e. The quantitative estimate of drug-likeness (QED) is 0.785. The molecule has 3 N–H and O–H groups in total. The lowest BCUT2D eigenvalue weighted by molar-refractivity contribution is 0.0951. The number of benzene rings is 1. The molecule has 2 rings (SSSR count). The molecule has 0 saturated heterocycles. The zero-order chi connectivity index (χ0) is 16.1. The Bertz CT molecular complexity index is 697. The Morgan fingerprint density at radius 3 is 2.36 bits per heavy atom. The van der Waals surface area contributed by atoms with Crippen molar-refractivity contribution in [2.45, 2.75) is 13.5 Å². The largest absolute Gasteiger partial charge is 0.388 e. The Morgan fingerprint density at radius 1 is 1.14 bits per heavy atom. The van der Waals surface area contributed by atoms with Crippen molar-refractivity contribution in [2.75, 3.05) is 19.4 Å². The van der Waals surface area contributed by atoms with Gasteiger partial charge in [-0.15, -0.1) is 11.3 Å². The predicted molar refractivity (Wildman–Crippen MR) is 87.4 cm³/mol. The summed E-state index contributed by atoms with van der Waals surface area (Å²) in [5, 5.41) is 11.1. The van der Waals surface area contributed by atoms with Gasteiger partial charge in [-0.1, -0.05) is 0 Å². The summed E-state index contributed by atoms with van der Waals surface area (Å²) in [6.07, 6.45) is 0. The predicted octanol–water partition coefficient (Wildman–Crippen LogP) is 1.78. The maximum Gasteiger partial charge on any atom is 0.251 e. The third-order valence-electron chi connectivity index (χ3n) is 3.04. The van der Waals surface area contributed by atoms with Crippen LogP contribution in [0, 0.1) is 6.92 Å². The number of aromatic nitrogens is 1. The minimum Gasteiger partial charge on any atom is -0.388 e. The van der Waals surface area contributed by atoms with E-state index in [-0.39, 0.29) is 11.8 Å². The summed E-state index contributed by atoms with van der Waals surface area (Å²) in [5.41, 5.74) is 2.51. The number of hydrogen-bond donors (Lipinski definition) is 3. The van der Waals surface area contributed by atoms with Gasteiger partial charge >= 0.3 is 0 Å². The minimum atomic E-state index is -0.241. The monoisotopic (exact) mass is 318 g/mol. The third-order valence-corrected chi connectivity index (χ3v) is 4.01. The highest BCUT2D eigenvalue weighted by molar-refractivity contribution is 7.09. The second-order valence-corrected chi connectivity index (χ2v) is 5.64. The number of nitrogens with one attached hydrogen (secondary N) is 3. The maximum atomic E-state index is 12.3. The van der Waals surface area contributed by atoms with Crippen LogP contribution in [0.5, 0.6) is 0 Å². The van der Waals surface area contributed by atoms with Crippen molar-refractivity contribution in [1.29, 1.82) is 0 Å². The molecule has 116 valence electrons. The van der Waals surface area contributed by atoms with E-state index in [0.717, 1.165) is 10.7 Å². The molecular formula is C15H18N4O2S. The molecule has 0 bridgehead atoms. The van der Waals surface area contributed by atoms with Gasteiger partial charge in [0.05, 0.1) is 6.54 Å². The van der Waals surface area contributed by atoms with E-state index >= 15 is 0 Å². The van der Waals surface area contributed by atoms with E-state index in [1.165, 1.54) is 11.3 Å². The molecule has 2 aromatic rings. The number of anilines is 1. The first-order chi connectivity index (χ1) is 10.5. The number of aryl methyl sites for hydroxylation is 1. The first-order valence-corrected chi connectivity index (χ1v) is 7.65. The van der Waals surface area contributed by atoms with Gasteiger partial charge in [-0.25, -0.2) is 4.98 Å². The third kappa shape index (κ3) is 3.82. The number of amides is 2. The normalized spacial score (nSPS) is 10.1. The van der Waals surface area contributed by atoms with Crippen molar-refractivity contribution >= 4 is 28.8 Å². The molecule has 0 unspecified atom stereocenters. The Balaban J connectivity index is 2.15. The van der Waals surface area contributed by atoms with Gasteiger partial charge in [0.25, 0.3) is 11.8 Å². The van der Waals surface area contributed by atoms with E-state index in [1.54, 1.807) is 32.3 Å². The van der Waals surface area contributed by atoms with Crippen LogP contribution in [0.3, 0.4) is 0 Å². The molecule has 0 spiro atoms. The topological polar surface area (TPSA) is 83.1 Å². The number of rotatable bonds is 5. The lowest BCUT2D eigenvalue weighted by atomic mass is 10.1. The molecule has 1 heterocycles. The Morgan fingerprint density at radius 2 is 1.82 bits per heavy atom. The lowest BCUT2D eigenvalue weighted by Gasteiger charge is -2.09. The highest BCUT2D eigenvalue weighted by atomic mass is 32.1. The Kier molecular flexibility index (Phi) is 5.11. The van der Waals surface area contributed by atoms with Crippen LogP contribution < -0.4 is 16.0 Å². The van der Waals surface area contributed by atoms with Crippen molar-refractivity contribution in [1.82, 2.24) is 15.6 Å². The van der Waals surface area contributed by atoms with Crippen LogP contribution in [-0.4, -0.2) is 30.9 Å². The summed E-state index contributed by atoms with van der Waals surface area (Å²) in [6.45, 7) is 2.28. The van der Waals surface area contributed by atoms with Crippen LogP contribution >= 0.6 is 11.3 Å². The number of carbonyl (C=O) groups excluding carboxylic acids is 2. The highest BCUT2D eigenvalue weighted by Gasteiger charge is 2.12. The zero-order valence-electron chi connectivity index (χ0n) is 12.7. The van der Waals surface area contributed by atoms with E-state index in [1.807, 2.05) is 12.3 Å². The zero-order valence-corrected chi connectivity index (χ0v) is 13.5. The van der Waals surface area contributed by atoms with Gasteiger partial charge in [0, 0.05) is 42.0 Å². The van der Waals surface area contributed by atoms with Crippen molar-refractivity contribution in [3.63, 3.8) is 0 Å². The van der Waals surface area contributed by atoms with Gasteiger partial charge in [0.2, 0.25) is 0 Å². The molecule has 0 radical (unpaired) electrons. The van der Waals surface area contributed by atoms with E-state index < -0.39 is 0 Å². The molecule has 0 saturated carbocycles. The van der Waals surface area contributed by atoms with Gasteiger partial charge in [-0.05, 0) is 25.1 Å². The highest BCUT2D eigenvalue weighted by Crippen LogP contribution is 2.15. The fourth-order valence-electron chi connectivity index (χ4n) is 1.92. The van der Waals surface area contributed by atoms with Crippen LogP contribution in [0.25, 0.3) is 0 Å². The Labute approximate surface area is 133 Å². The van der Waals surface area contributed by atoms with Crippen LogP contribution in [0.2, 0.25) is 0 Å². The first-order valence-electron chi connectivity index (χ1n) is 6.77. The summed E-state index contributed by atoms with van der Waals surface area (Å²) >= 11 is 1.50. The fraction of sp³-hybridized carbons (Fsp3) is 0.267. The number of hydrogen-bond acceptors (Lipinski definition) is 5. The summed E-state index contributed by atoms with van der Waals surface area (Å²) in [6, 6.07) is 4.97. The van der Waals surface area contributed by atoms with Gasteiger partial charge in [-0.3, -0.25) is 9.59 Å². The van der Waals surface area contributed by atoms with E-state index in [0.29, 0.717) is 23.4 Å². The first kappa shape index (κ1) is 16.0. The lowest BCUT2D eigenvalue weighted by Crippen LogP contribution is -2.24. The molecule has 0 aliphatic heterocycles. The minimum absolute atomic E-state index is 0.235. The average molecular weight is 318 g/mol. The van der Waals surface area contributed by atoms with Crippen LogP contribution in [-0.2, 0) is 6.54 Å². The molecule has 0 fully saturated rings. The van der Waals surface area contributed by atoms with Crippen LogP contribution in [0.1, 0.15) is 31.4 Å². The molecule has 2 amide bonds. The van der Waals surface area contributed by atoms with Crippen molar-refractivity contribution in [3.8, 4) is 0 Å². The molecule has 0 aliphatic rings. The van der Waals surface area contributed by atoms with Gasteiger partial charge in [-0.2, -0.15) is 0 Å². The number of nitrogens with zero attached hydrogens (tertiary/aromatic N) is 1. The molecule has 0 atom stereocenters. The summed E-state index contributed by atoms with van der Waals surface area (Å²) in [5.74, 6) is -0.475. The molecule has 6 nitrogen and oxygen atoms in total. The van der Waals surface area contributed by atoms with Crippen molar-refractivity contribution in [2.24, 2.45) is 0 Å². The summed E-state index contributed by atoms with van der Waals surface area (Å²) in [7, 11) is 3.29. The second-order valence-electron chi connectivity index (χ2n) is 4.69. The Hall–Kier alpha value is -2.41. The maximum absolute atomic E-state index is 12.3. The van der Waals surface area contributed by atoms with Gasteiger partial charge in [0.15, 0.2) is 0 Å². The van der Waals surface area contributed by atoms with Crippen molar-refractivity contribution < 1.29 is 9.59 Å². The van der Waals surface area contributed by atoms with Crippen LogP contribution in [0.15, 0.2) is 23.6 Å². The van der Waals surface area contributed by atoms with Crippen LogP contribution in [0.4, 0.5) is 5.69 Å². The molecular weight excluding hydrogens is 300 g/mol. The summed E-state index contributed by atoms with van der Waals surface area (Å²) in [4.78, 5) is 28.3. The fourth-order valence-corrected chi connectivity index (χ4v) is 2.63. The van der Waals surface area contributed by atoms with E-state index in [2.05, 4.69) is 20.9 Å². The average Bonchev–Trinajstić information content (AvgIpc) is 2.96. The molecule has 1 aromatic heterocycles. The van der Waals surface area contributed by atoms with Crippen molar-refractivity contribution in [3.05, 3.63) is 45.4 Å². The molecule has 22 heavy (non-hydrogen) atoms. The number of carbonyl (C=O) groups is 2. The molecule has 1 aromatic carbocycles. The van der Waals surface area contributed by atoms with Gasteiger partial charge < -0.3 is 16.0 Å². The number of thiazole rings is 1. The second kappa shape index (κ2) is 7.04. The molecule has 0 aliphatic carbocycles. The van der Waals surface area contributed by atoms with Gasteiger partial charge in [0.1, 0.15) is 5.01 Å². The van der Waals surface area contributed by atoms with E-state index in [4.69, 9.17) is 0 Å².